The lowest BCUT2D eigenvalue weighted by Gasteiger charge is -2.36. The van der Waals surface area contributed by atoms with Crippen LogP contribution in [0, 0.1) is 23.2 Å². The van der Waals surface area contributed by atoms with E-state index in [1.165, 1.54) is 0 Å². The van der Waals surface area contributed by atoms with Gasteiger partial charge in [-0.05, 0) is 61.8 Å². The minimum atomic E-state index is -0.179. The van der Waals surface area contributed by atoms with Gasteiger partial charge in [0.15, 0.2) is 0 Å². The third-order valence-corrected chi connectivity index (χ3v) is 7.85. The maximum atomic E-state index is 12.8. The molecule has 1 aliphatic heterocycles. The molecular weight excluding hydrogens is 478 g/mol. The standard InChI is InChI=1S/C26H24ClN7O2/c1-14(18-9-29-26(30-10-18)33-12-17-6-23(17)25(33)36)34-13-19(11-31-34)24(35)32-21-4-16(5-21)22-7-20(27)3-2-15(22)8-28/h2-3,7,9-11,13-14,16-17,21,23H,4-6,12H2,1H3,(H,32,35)/t14-,16?,17-,21?,23-/m1/s1. The number of nitrogens with one attached hydrogen (secondary N) is 1. The number of carbonyl (C=O) groups excluding carboxylic acids is 2. The molecule has 36 heavy (non-hydrogen) atoms. The van der Waals surface area contributed by atoms with Crippen LogP contribution in [0.25, 0.3) is 0 Å². The van der Waals surface area contributed by atoms with Crippen LogP contribution in [0.3, 0.4) is 0 Å². The number of fused-ring (bicyclic) bond motifs is 1. The van der Waals surface area contributed by atoms with Gasteiger partial charge in [0.05, 0.1) is 29.4 Å². The molecule has 3 aliphatic rings. The average molecular weight is 502 g/mol. The van der Waals surface area contributed by atoms with E-state index in [1.54, 1.807) is 46.5 Å². The summed E-state index contributed by atoms with van der Waals surface area (Å²) in [6.45, 7) is 2.66. The van der Waals surface area contributed by atoms with Gasteiger partial charge in [0.2, 0.25) is 11.9 Å². The molecule has 0 bridgehead atoms. The lowest BCUT2D eigenvalue weighted by Crippen LogP contribution is -2.43. The topological polar surface area (TPSA) is 117 Å². The Bertz CT molecular complexity index is 1390. The van der Waals surface area contributed by atoms with E-state index in [2.05, 4.69) is 26.5 Å². The van der Waals surface area contributed by atoms with Gasteiger partial charge in [0.25, 0.3) is 5.91 Å². The van der Waals surface area contributed by atoms with Crippen molar-refractivity contribution in [3.63, 3.8) is 0 Å². The van der Waals surface area contributed by atoms with Crippen molar-refractivity contribution in [3.8, 4) is 6.07 Å². The smallest absolute Gasteiger partial charge is 0.254 e. The third-order valence-electron chi connectivity index (χ3n) is 7.61. The normalized spacial score (nSPS) is 25.0. The van der Waals surface area contributed by atoms with Crippen LogP contribution in [0.15, 0.2) is 43.0 Å². The molecular formula is C26H24ClN7O2. The molecule has 2 aliphatic carbocycles. The van der Waals surface area contributed by atoms with Gasteiger partial charge in [-0.2, -0.15) is 10.4 Å². The Morgan fingerprint density at radius 2 is 2.00 bits per heavy atom. The van der Waals surface area contributed by atoms with E-state index in [0.29, 0.717) is 34.6 Å². The minimum Gasteiger partial charge on any atom is -0.349 e. The van der Waals surface area contributed by atoms with Crippen LogP contribution >= 0.6 is 11.6 Å². The van der Waals surface area contributed by atoms with Crippen molar-refractivity contribution in [3.05, 3.63) is 70.3 Å². The Labute approximate surface area is 213 Å². The molecule has 1 N–H and O–H groups in total. The minimum absolute atomic E-state index is 0.0362. The van der Waals surface area contributed by atoms with Crippen molar-refractivity contribution < 1.29 is 9.59 Å². The first kappa shape index (κ1) is 22.7. The van der Waals surface area contributed by atoms with E-state index >= 15 is 0 Å². The number of benzene rings is 1. The molecule has 1 aromatic carbocycles. The molecule has 0 unspecified atom stereocenters. The maximum Gasteiger partial charge on any atom is 0.254 e. The third kappa shape index (κ3) is 4.01. The molecule has 2 saturated carbocycles. The second-order valence-corrected chi connectivity index (χ2v) is 10.4. The number of hydrogen-bond donors (Lipinski definition) is 1. The van der Waals surface area contributed by atoms with Crippen molar-refractivity contribution >= 4 is 29.4 Å². The van der Waals surface area contributed by atoms with Crippen LogP contribution in [0.1, 0.15) is 65.2 Å². The van der Waals surface area contributed by atoms with Crippen LogP contribution < -0.4 is 10.2 Å². The van der Waals surface area contributed by atoms with Crippen molar-refractivity contribution in [2.75, 3.05) is 11.4 Å². The lowest BCUT2D eigenvalue weighted by molar-refractivity contribution is -0.118. The Hall–Kier alpha value is -3.77. The Kier molecular flexibility index (Phi) is 5.49. The van der Waals surface area contributed by atoms with E-state index in [9.17, 15) is 14.9 Å². The largest absolute Gasteiger partial charge is 0.349 e. The number of hydrogen-bond acceptors (Lipinski definition) is 6. The van der Waals surface area contributed by atoms with E-state index < -0.39 is 0 Å². The molecule has 182 valence electrons. The second-order valence-electron chi connectivity index (χ2n) is 9.93. The lowest BCUT2D eigenvalue weighted by atomic mass is 9.74. The molecule has 3 aromatic rings. The fourth-order valence-corrected chi connectivity index (χ4v) is 5.37. The predicted molar refractivity (Wildman–Crippen MR) is 131 cm³/mol. The molecule has 2 aromatic heterocycles. The number of anilines is 1. The first-order chi connectivity index (χ1) is 17.4. The average Bonchev–Trinajstić information content (AvgIpc) is 3.32. The Morgan fingerprint density at radius 1 is 1.22 bits per heavy atom. The van der Waals surface area contributed by atoms with E-state index in [0.717, 1.165) is 30.4 Å². The molecule has 10 heteroatoms. The van der Waals surface area contributed by atoms with Crippen molar-refractivity contribution in [1.82, 2.24) is 25.1 Å². The highest BCUT2D eigenvalue weighted by Crippen LogP contribution is 2.46. The van der Waals surface area contributed by atoms with Gasteiger partial charge >= 0.3 is 0 Å². The monoisotopic (exact) mass is 501 g/mol. The first-order valence-corrected chi connectivity index (χ1v) is 12.5. The summed E-state index contributed by atoms with van der Waals surface area (Å²) in [5.74, 6) is 1.23. The summed E-state index contributed by atoms with van der Waals surface area (Å²) in [6.07, 6.45) is 9.21. The SMILES string of the molecule is C[C@H](c1cnc(N2C[C@H]3C[C@H]3C2=O)nc1)n1cc(C(=O)NC2CC(c3cc(Cl)ccc3C#N)C2)cn1. The molecule has 1 saturated heterocycles. The van der Waals surface area contributed by atoms with Crippen LogP contribution in [-0.2, 0) is 4.79 Å². The van der Waals surface area contributed by atoms with Crippen LogP contribution in [0.5, 0.6) is 0 Å². The zero-order valence-corrected chi connectivity index (χ0v) is 20.4. The molecule has 3 fully saturated rings. The van der Waals surface area contributed by atoms with E-state index in [4.69, 9.17) is 11.6 Å². The zero-order chi connectivity index (χ0) is 25.0. The molecule has 3 atom stereocenters. The number of rotatable bonds is 6. The number of halogens is 1. The second kappa shape index (κ2) is 8.71. The summed E-state index contributed by atoms with van der Waals surface area (Å²) in [7, 11) is 0. The van der Waals surface area contributed by atoms with Crippen LogP contribution in [0.2, 0.25) is 5.02 Å². The molecule has 0 spiro atoms. The fourth-order valence-electron chi connectivity index (χ4n) is 5.19. The van der Waals surface area contributed by atoms with Gasteiger partial charge < -0.3 is 5.32 Å². The summed E-state index contributed by atoms with van der Waals surface area (Å²) >= 11 is 6.11. The number of aromatic nitrogens is 4. The quantitative estimate of drug-likeness (QED) is 0.552. The first-order valence-electron chi connectivity index (χ1n) is 12.1. The highest BCUT2D eigenvalue weighted by molar-refractivity contribution is 6.30. The van der Waals surface area contributed by atoms with E-state index in [1.807, 2.05) is 13.0 Å². The maximum absolute atomic E-state index is 12.8. The van der Waals surface area contributed by atoms with Crippen molar-refractivity contribution in [1.29, 1.82) is 5.26 Å². The number of piperidine rings is 1. The highest BCUT2D eigenvalue weighted by atomic mass is 35.5. The Balaban J connectivity index is 1.06. The zero-order valence-electron chi connectivity index (χ0n) is 19.6. The summed E-state index contributed by atoms with van der Waals surface area (Å²) in [4.78, 5) is 35.5. The van der Waals surface area contributed by atoms with Crippen molar-refractivity contribution in [2.24, 2.45) is 11.8 Å². The molecule has 9 nitrogen and oxygen atoms in total. The van der Waals surface area contributed by atoms with Crippen LogP contribution in [0.4, 0.5) is 5.95 Å². The van der Waals surface area contributed by atoms with Gasteiger partial charge in [-0.1, -0.05) is 11.6 Å². The summed E-state index contributed by atoms with van der Waals surface area (Å²) in [5, 5.41) is 17.4. The number of carbonyl (C=O) groups is 2. The van der Waals surface area contributed by atoms with Gasteiger partial charge in [0, 0.05) is 47.7 Å². The van der Waals surface area contributed by atoms with E-state index in [-0.39, 0.29) is 35.7 Å². The fraction of sp³-hybridized carbons (Fsp3) is 0.385. The number of nitriles is 1. The van der Waals surface area contributed by atoms with Crippen molar-refractivity contribution in [2.45, 2.75) is 44.2 Å². The van der Waals surface area contributed by atoms with Crippen LogP contribution in [-0.4, -0.2) is 44.1 Å². The summed E-state index contributed by atoms with van der Waals surface area (Å²) in [6, 6.07) is 7.38. The Morgan fingerprint density at radius 3 is 2.69 bits per heavy atom. The molecule has 2 amide bonds. The van der Waals surface area contributed by atoms with Gasteiger partial charge in [-0.25, -0.2) is 9.97 Å². The number of amides is 2. The molecule has 6 rings (SSSR count). The predicted octanol–water partition coefficient (Wildman–Crippen LogP) is 3.47. The highest BCUT2D eigenvalue weighted by Gasteiger charge is 2.53. The number of nitrogens with zero attached hydrogens (tertiary/aromatic N) is 6. The summed E-state index contributed by atoms with van der Waals surface area (Å²) in [5.41, 5.74) is 2.88. The summed E-state index contributed by atoms with van der Waals surface area (Å²) < 4.78 is 1.71. The van der Waals surface area contributed by atoms with Gasteiger partial charge in [-0.15, -0.1) is 0 Å². The van der Waals surface area contributed by atoms with Gasteiger partial charge in [0.1, 0.15) is 0 Å². The molecule has 0 radical (unpaired) electrons. The molecule has 3 heterocycles. The van der Waals surface area contributed by atoms with Gasteiger partial charge in [-0.3, -0.25) is 19.2 Å².